The molecule has 2 fully saturated rings. The van der Waals surface area contributed by atoms with Gasteiger partial charge in [0.25, 0.3) is 0 Å². The summed E-state index contributed by atoms with van der Waals surface area (Å²) in [7, 11) is 0. The Kier molecular flexibility index (Phi) is 14.2. The summed E-state index contributed by atoms with van der Waals surface area (Å²) in [4.78, 5) is 25.6. The van der Waals surface area contributed by atoms with Gasteiger partial charge < -0.3 is 23.7 Å². The minimum Gasteiger partial charge on any atom is -0.490 e. The molecular formula is C39H54O7. The quantitative estimate of drug-likeness (QED) is 0.104. The molecule has 0 N–H and O–H groups in total. The molecule has 1 saturated heterocycles. The predicted octanol–water partition coefficient (Wildman–Crippen LogP) is 8.86. The second-order valence-corrected chi connectivity index (χ2v) is 13.7. The Morgan fingerprint density at radius 1 is 0.783 bits per heavy atom. The molecule has 1 aliphatic heterocycles. The third kappa shape index (κ3) is 11.0. The maximum Gasteiger partial charge on any atom is 0.338 e. The summed E-state index contributed by atoms with van der Waals surface area (Å²) in [5, 5.41) is 0. The average molecular weight is 635 g/mol. The number of rotatable bonds is 16. The predicted molar refractivity (Wildman–Crippen MR) is 180 cm³/mol. The van der Waals surface area contributed by atoms with Gasteiger partial charge >= 0.3 is 11.9 Å². The number of benzene rings is 2. The first-order chi connectivity index (χ1) is 22.2. The summed E-state index contributed by atoms with van der Waals surface area (Å²) >= 11 is 0. The molecule has 1 heterocycles. The number of ether oxygens (including phenoxy) is 5. The van der Waals surface area contributed by atoms with E-state index >= 15 is 0 Å². The first kappa shape index (κ1) is 35.7. The van der Waals surface area contributed by atoms with Gasteiger partial charge in [-0.1, -0.05) is 109 Å². The van der Waals surface area contributed by atoms with Gasteiger partial charge in [-0.05, 0) is 72.6 Å². The highest BCUT2D eigenvalue weighted by Gasteiger charge is 2.47. The molecule has 7 heteroatoms. The zero-order valence-electron chi connectivity index (χ0n) is 28.5. The standard InChI is InChI=1S/C39H54O7/c1-6-7-8-10-29-12-14-30(15-13-29)11-9-24-42-34-22-20-32(21-23-34)31-16-18-33(19-17-31)39-45-35(37(40)43-25-27(2)3)36(46-39)38(41)44-26-28(4)5/h9,11,16-23,27-30,35-36,39H,6-8,10,12-15,24-26H2,1-5H3/b11-9+/t29-,30-,35-,36-/m1/s1. The summed E-state index contributed by atoms with van der Waals surface area (Å²) in [5.74, 6) is 1.50. The van der Waals surface area contributed by atoms with Crippen molar-refractivity contribution in [3.63, 3.8) is 0 Å². The molecule has 4 rings (SSSR count). The van der Waals surface area contributed by atoms with E-state index in [0.717, 1.165) is 22.8 Å². The molecule has 0 spiro atoms. The van der Waals surface area contributed by atoms with Crippen LogP contribution in [0.15, 0.2) is 60.7 Å². The molecular weight excluding hydrogens is 580 g/mol. The highest BCUT2D eigenvalue weighted by molar-refractivity contribution is 5.86. The molecule has 252 valence electrons. The maximum absolute atomic E-state index is 12.8. The van der Waals surface area contributed by atoms with Gasteiger partial charge in [0.15, 0.2) is 18.5 Å². The first-order valence-electron chi connectivity index (χ1n) is 17.4. The Balaban J connectivity index is 1.27. The van der Waals surface area contributed by atoms with E-state index in [4.69, 9.17) is 23.7 Å². The van der Waals surface area contributed by atoms with Crippen LogP contribution < -0.4 is 4.74 Å². The van der Waals surface area contributed by atoms with Gasteiger partial charge in [0.1, 0.15) is 12.4 Å². The normalized spacial score (nSPS) is 22.1. The number of hydrogen-bond donors (Lipinski definition) is 0. The van der Waals surface area contributed by atoms with E-state index in [0.29, 0.717) is 18.1 Å². The Bertz CT molecular complexity index is 1190. The number of hydrogen-bond acceptors (Lipinski definition) is 7. The van der Waals surface area contributed by atoms with Crippen LogP contribution in [0.2, 0.25) is 0 Å². The van der Waals surface area contributed by atoms with E-state index in [1.807, 2.05) is 76.2 Å². The Hall–Kier alpha value is -3.16. The fraction of sp³-hybridized carbons (Fsp3) is 0.590. The summed E-state index contributed by atoms with van der Waals surface area (Å²) in [6, 6.07) is 15.8. The molecule has 2 aliphatic rings. The average Bonchev–Trinajstić information content (AvgIpc) is 3.51. The van der Waals surface area contributed by atoms with Crippen molar-refractivity contribution in [3.05, 3.63) is 66.2 Å². The van der Waals surface area contributed by atoms with Crippen LogP contribution in [0.5, 0.6) is 5.75 Å². The molecule has 1 aliphatic carbocycles. The van der Waals surface area contributed by atoms with Crippen LogP contribution in [0, 0.1) is 23.7 Å². The number of carbonyl (C=O) groups is 2. The van der Waals surface area contributed by atoms with Crippen LogP contribution in [0.3, 0.4) is 0 Å². The Morgan fingerprint density at radius 3 is 1.85 bits per heavy atom. The zero-order chi connectivity index (χ0) is 32.9. The fourth-order valence-corrected chi connectivity index (χ4v) is 5.94. The van der Waals surface area contributed by atoms with Crippen LogP contribution in [0.25, 0.3) is 11.1 Å². The van der Waals surface area contributed by atoms with E-state index in [9.17, 15) is 9.59 Å². The van der Waals surface area contributed by atoms with Gasteiger partial charge in [-0.3, -0.25) is 0 Å². The summed E-state index contributed by atoms with van der Waals surface area (Å²) in [6.07, 6.45) is 12.0. The largest absolute Gasteiger partial charge is 0.490 e. The lowest BCUT2D eigenvalue weighted by Gasteiger charge is -2.26. The summed E-state index contributed by atoms with van der Waals surface area (Å²) < 4.78 is 28.6. The van der Waals surface area contributed by atoms with Crippen molar-refractivity contribution < 1.29 is 33.3 Å². The molecule has 2 aromatic carbocycles. The second kappa shape index (κ2) is 18.2. The van der Waals surface area contributed by atoms with Crippen LogP contribution in [-0.4, -0.2) is 44.0 Å². The molecule has 2 aromatic rings. The lowest BCUT2D eigenvalue weighted by Crippen LogP contribution is -2.40. The van der Waals surface area contributed by atoms with E-state index in [-0.39, 0.29) is 25.0 Å². The number of esters is 2. The third-order valence-electron chi connectivity index (χ3n) is 8.63. The van der Waals surface area contributed by atoms with Crippen molar-refractivity contribution in [2.24, 2.45) is 23.7 Å². The van der Waals surface area contributed by atoms with E-state index in [1.54, 1.807) is 0 Å². The SMILES string of the molecule is CCCCC[C@H]1CC[C@H](/C=C/COc2ccc(-c3ccc(C4O[C@@H](C(=O)OCC(C)C)[C@H](C(=O)OCC(C)C)O4)cc3)cc2)CC1. The van der Waals surface area contributed by atoms with Crippen molar-refractivity contribution in [2.45, 2.75) is 104 Å². The van der Waals surface area contributed by atoms with Crippen LogP contribution in [-0.2, 0) is 28.5 Å². The highest BCUT2D eigenvalue weighted by atomic mass is 16.8. The number of unbranched alkanes of at least 4 members (excludes halogenated alkanes) is 2. The van der Waals surface area contributed by atoms with E-state index in [2.05, 4.69) is 19.1 Å². The molecule has 0 aromatic heterocycles. The minimum absolute atomic E-state index is 0.151. The Labute approximate surface area is 276 Å². The van der Waals surface area contributed by atoms with Crippen LogP contribution in [0.4, 0.5) is 0 Å². The maximum atomic E-state index is 12.8. The van der Waals surface area contributed by atoms with Crippen molar-refractivity contribution in [1.29, 1.82) is 0 Å². The van der Waals surface area contributed by atoms with Crippen molar-refractivity contribution in [2.75, 3.05) is 19.8 Å². The fourth-order valence-electron chi connectivity index (χ4n) is 5.94. The lowest BCUT2D eigenvalue weighted by atomic mass is 9.79. The lowest BCUT2D eigenvalue weighted by molar-refractivity contribution is -0.164. The molecule has 1 saturated carbocycles. The highest BCUT2D eigenvalue weighted by Crippen LogP contribution is 2.35. The van der Waals surface area contributed by atoms with E-state index < -0.39 is 30.4 Å². The molecule has 0 unspecified atom stereocenters. The van der Waals surface area contributed by atoms with Gasteiger partial charge in [0.05, 0.1) is 13.2 Å². The van der Waals surface area contributed by atoms with Gasteiger partial charge in [-0.25, -0.2) is 9.59 Å². The van der Waals surface area contributed by atoms with Crippen molar-refractivity contribution in [3.8, 4) is 16.9 Å². The minimum atomic E-state index is -1.19. The van der Waals surface area contributed by atoms with Gasteiger partial charge in [0, 0.05) is 5.56 Å². The third-order valence-corrected chi connectivity index (χ3v) is 8.63. The molecule has 2 atom stereocenters. The van der Waals surface area contributed by atoms with Crippen LogP contribution in [0.1, 0.15) is 97.8 Å². The number of carbonyl (C=O) groups excluding carboxylic acids is 2. The van der Waals surface area contributed by atoms with Gasteiger partial charge in [0.2, 0.25) is 0 Å². The van der Waals surface area contributed by atoms with Gasteiger partial charge in [-0.2, -0.15) is 0 Å². The molecule has 7 nitrogen and oxygen atoms in total. The summed E-state index contributed by atoms with van der Waals surface area (Å²) in [5.41, 5.74) is 2.75. The molecule has 0 radical (unpaired) electrons. The van der Waals surface area contributed by atoms with Crippen LogP contribution >= 0.6 is 0 Å². The first-order valence-corrected chi connectivity index (χ1v) is 17.4. The Morgan fingerprint density at radius 2 is 1.33 bits per heavy atom. The van der Waals surface area contributed by atoms with Crippen molar-refractivity contribution in [1.82, 2.24) is 0 Å². The topological polar surface area (TPSA) is 80.3 Å². The molecule has 0 amide bonds. The zero-order valence-corrected chi connectivity index (χ0v) is 28.5. The van der Waals surface area contributed by atoms with Crippen molar-refractivity contribution >= 4 is 11.9 Å². The molecule has 46 heavy (non-hydrogen) atoms. The summed E-state index contributed by atoms with van der Waals surface area (Å²) in [6.45, 7) is 11.1. The van der Waals surface area contributed by atoms with Gasteiger partial charge in [-0.15, -0.1) is 0 Å². The smallest absolute Gasteiger partial charge is 0.338 e. The monoisotopic (exact) mass is 634 g/mol. The number of allylic oxidation sites excluding steroid dienone is 1. The second-order valence-electron chi connectivity index (χ2n) is 13.7. The van der Waals surface area contributed by atoms with E-state index in [1.165, 1.54) is 51.4 Å². The molecule has 0 bridgehead atoms.